The van der Waals surface area contributed by atoms with Gasteiger partial charge in [0.15, 0.2) is 5.65 Å². The number of aromatic nitrogens is 4. The van der Waals surface area contributed by atoms with Gasteiger partial charge in [-0.2, -0.15) is 15.0 Å². The molecule has 0 fully saturated rings. The molecule has 0 aliphatic heterocycles. The largest absolute Gasteiger partial charge is 0.321 e. The van der Waals surface area contributed by atoms with Crippen molar-refractivity contribution in [2.75, 3.05) is 5.84 Å². The molecule has 3 N–H and O–H groups in total. The Kier molecular flexibility index (Phi) is 0.791. The summed E-state index contributed by atoms with van der Waals surface area (Å²) in [5.74, 6) is 5.46. The molecule has 5 heteroatoms. The van der Waals surface area contributed by atoms with E-state index in [0.717, 1.165) is 16.7 Å². The molecule has 52 valence electrons. The van der Waals surface area contributed by atoms with Gasteiger partial charge in [0.1, 0.15) is 0 Å². The van der Waals surface area contributed by atoms with Crippen LogP contribution < -0.4 is 5.84 Å². The Labute approximate surface area is 56.8 Å². The second-order valence-electron chi connectivity index (χ2n) is 2.16. The molecule has 5 nitrogen and oxygen atoms in total. The van der Waals surface area contributed by atoms with Crippen LogP contribution in [0, 0.1) is 6.92 Å². The zero-order valence-corrected chi connectivity index (χ0v) is 5.50. The Morgan fingerprint density at radius 3 is 3.20 bits per heavy atom. The molecule has 0 spiro atoms. The number of fused-ring (bicyclic) bond motifs is 1. The van der Waals surface area contributed by atoms with Gasteiger partial charge in [0, 0.05) is 0 Å². The molecule has 2 aromatic rings. The highest BCUT2D eigenvalue weighted by Crippen LogP contribution is 2.11. The number of hydrogen-bond donors (Lipinski definition) is 2. The van der Waals surface area contributed by atoms with Gasteiger partial charge in [-0.25, -0.2) is 0 Å². The molecule has 0 saturated carbocycles. The lowest BCUT2D eigenvalue weighted by Gasteiger charge is -1.85. The van der Waals surface area contributed by atoms with Gasteiger partial charge < -0.3 is 5.84 Å². The third-order valence-corrected chi connectivity index (χ3v) is 1.50. The number of nitrogens with one attached hydrogen (secondary N) is 1. The number of rotatable bonds is 0. The fraction of sp³-hybridized carbons (Fsp3) is 0.200. The molecule has 0 saturated heterocycles. The molecule has 0 unspecified atom stereocenters. The predicted molar refractivity (Wildman–Crippen MR) is 36.8 cm³/mol. The summed E-state index contributed by atoms with van der Waals surface area (Å²) in [6.07, 6.45) is 1.71. The summed E-state index contributed by atoms with van der Waals surface area (Å²) in [7, 11) is 0. The SMILES string of the molecule is Cc1nn(N)c2[nH]ncc12. The monoisotopic (exact) mass is 137 g/mol. The van der Waals surface area contributed by atoms with E-state index < -0.39 is 0 Å². The van der Waals surface area contributed by atoms with Crippen LogP contribution in [0.15, 0.2) is 6.20 Å². The van der Waals surface area contributed by atoms with Crippen molar-refractivity contribution < 1.29 is 0 Å². The zero-order chi connectivity index (χ0) is 7.14. The van der Waals surface area contributed by atoms with E-state index in [0.29, 0.717) is 0 Å². The van der Waals surface area contributed by atoms with Gasteiger partial charge in [-0.15, -0.1) is 0 Å². The van der Waals surface area contributed by atoms with Crippen LogP contribution in [0.4, 0.5) is 0 Å². The van der Waals surface area contributed by atoms with Crippen LogP contribution in [0.2, 0.25) is 0 Å². The molecule has 10 heavy (non-hydrogen) atoms. The maximum atomic E-state index is 5.46. The average molecular weight is 137 g/mol. The Morgan fingerprint density at radius 2 is 2.50 bits per heavy atom. The number of aromatic amines is 1. The first-order chi connectivity index (χ1) is 4.79. The number of nitrogens with two attached hydrogens (primary N) is 1. The van der Waals surface area contributed by atoms with Crippen LogP contribution in [0.3, 0.4) is 0 Å². The lowest BCUT2D eigenvalue weighted by atomic mass is 10.3. The van der Waals surface area contributed by atoms with Gasteiger partial charge in [-0.3, -0.25) is 5.10 Å². The standard InChI is InChI=1S/C5H7N5/c1-3-4-2-7-8-5(4)10(6)9-3/h2H,6H2,1H3,(H,7,8). The third kappa shape index (κ3) is 0.464. The van der Waals surface area contributed by atoms with Crippen LogP contribution in [-0.4, -0.2) is 20.1 Å². The van der Waals surface area contributed by atoms with Crippen molar-refractivity contribution in [3.63, 3.8) is 0 Å². The van der Waals surface area contributed by atoms with Crippen molar-refractivity contribution >= 4 is 11.0 Å². The van der Waals surface area contributed by atoms with Gasteiger partial charge in [0.05, 0.1) is 17.3 Å². The van der Waals surface area contributed by atoms with Gasteiger partial charge in [0.25, 0.3) is 0 Å². The Hall–Kier alpha value is -1.52. The molecule has 0 amide bonds. The van der Waals surface area contributed by atoms with Crippen molar-refractivity contribution in [3.05, 3.63) is 11.9 Å². The number of H-pyrrole nitrogens is 1. The first kappa shape index (κ1) is 5.28. The molecule has 0 bridgehead atoms. The van der Waals surface area contributed by atoms with Gasteiger partial charge in [-0.05, 0) is 6.92 Å². The van der Waals surface area contributed by atoms with Gasteiger partial charge in [-0.1, -0.05) is 0 Å². The molecular weight excluding hydrogens is 130 g/mol. The lowest BCUT2D eigenvalue weighted by molar-refractivity contribution is 0.823. The normalized spacial score (nSPS) is 10.9. The number of aryl methyl sites for hydroxylation is 1. The van der Waals surface area contributed by atoms with E-state index in [1.807, 2.05) is 6.92 Å². The topological polar surface area (TPSA) is 72.5 Å². The predicted octanol–water partition coefficient (Wildman–Crippen LogP) is -0.218. The van der Waals surface area contributed by atoms with E-state index >= 15 is 0 Å². The first-order valence-electron chi connectivity index (χ1n) is 2.93. The molecule has 2 heterocycles. The number of nitrogens with zero attached hydrogens (tertiary/aromatic N) is 3. The summed E-state index contributed by atoms with van der Waals surface area (Å²) < 4.78 is 0. The smallest absolute Gasteiger partial charge is 0.176 e. The second kappa shape index (κ2) is 1.50. The maximum absolute atomic E-state index is 5.46. The Bertz CT molecular complexity index is 325. The molecular formula is C5H7N5. The Morgan fingerprint density at radius 1 is 1.70 bits per heavy atom. The summed E-state index contributed by atoms with van der Waals surface area (Å²) in [6, 6.07) is 0. The third-order valence-electron chi connectivity index (χ3n) is 1.50. The zero-order valence-electron chi connectivity index (χ0n) is 5.50. The molecule has 2 aromatic heterocycles. The van der Waals surface area contributed by atoms with Crippen molar-refractivity contribution in [1.82, 2.24) is 20.1 Å². The second-order valence-corrected chi connectivity index (χ2v) is 2.16. The highest BCUT2D eigenvalue weighted by molar-refractivity contribution is 5.77. The fourth-order valence-electron chi connectivity index (χ4n) is 0.984. The molecule has 0 aliphatic carbocycles. The van der Waals surface area contributed by atoms with E-state index in [4.69, 9.17) is 5.84 Å². The maximum Gasteiger partial charge on any atom is 0.176 e. The lowest BCUT2D eigenvalue weighted by Crippen LogP contribution is -2.10. The highest BCUT2D eigenvalue weighted by atomic mass is 15.5. The summed E-state index contributed by atoms with van der Waals surface area (Å²) >= 11 is 0. The van der Waals surface area contributed by atoms with Crippen LogP contribution in [0.25, 0.3) is 11.0 Å². The van der Waals surface area contributed by atoms with Crippen LogP contribution >= 0.6 is 0 Å². The van der Waals surface area contributed by atoms with Crippen molar-refractivity contribution in [3.8, 4) is 0 Å². The van der Waals surface area contributed by atoms with Crippen LogP contribution in [0.1, 0.15) is 5.69 Å². The summed E-state index contributed by atoms with van der Waals surface area (Å²) in [5.41, 5.74) is 1.66. The minimum atomic E-state index is 0.762. The van der Waals surface area contributed by atoms with Gasteiger partial charge >= 0.3 is 0 Å². The van der Waals surface area contributed by atoms with E-state index in [9.17, 15) is 0 Å². The van der Waals surface area contributed by atoms with Crippen LogP contribution in [-0.2, 0) is 0 Å². The number of nitrogen functional groups attached to an aromatic ring is 1. The van der Waals surface area contributed by atoms with E-state index in [1.165, 1.54) is 4.79 Å². The van der Waals surface area contributed by atoms with E-state index in [-0.39, 0.29) is 0 Å². The van der Waals surface area contributed by atoms with E-state index in [2.05, 4.69) is 15.3 Å². The Balaban J connectivity index is 2.98. The summed E-state index contributed by atoms with van der Waals surface area (Å²) in [4.78, 5) is 1.29. The molecule has 0 aromatic carbocycles. The average Bonchev–Trinajstić information content (AvgIpc) is 2.39. The van der Waals surface area contributed by atoms with Crippen molar-refractivity contribution in [2.45, 2.75) is 6.92 Å². The minimum Gasteiger partial charge on any atom is -0.321 e. The van der Waals surface area contributed by atoms with E-state index in [1.54, 1.807) is 6.20 Å². The fourth-order valence-corrected chi connectivity index (χ4v) is 0.984. The van der Waals surface area contributed by atoms with Crippen molar-refractivity contribution in [1.29, 1.82) is 0 Å². The molecule has 0 radical (unpaired) electrons. The quantitative estimate of drug-likeness (QED) is 0.493. The minimum absolute atomic E-state index is 0.762. The molecule has 0 atom stereocenters. The summed E-state index contributed by atoms with van der Waals surface area (Å²) in [5, 5.41) is 11.5. The first-order valence-corrected chi connectivity index (χ1v) is 2.93. The van der Waals surface area contributed by atoms with Crippen molar-refractivity contribution in [2.24, 2.45) is 0 Å². The number of hydrogen-bond acceptors (Lipinski definition) is 3. The molecule has 2 rings (SSSR count). The summed E-state index contributed by atoms with van der Waals surface area (Å²) in [6.45, 7) is 1.89. The van der Waals surface area contributed by atoms with Gasteiger partial charge in [0.2, 0.25) is 0 Å². The van der Waals surface area contributed by atoms with Crippen LogP contribution in [0.5, 0.6) is 0 Å². The highest BCUT2D eigenvalue weighted by Gasteiger charge is 2.04. The molecule has 0 aliphatic rings.